The highest BCUT2D eigenvalue weighted by Crippen LogP contribution is 2.22. The molecule has 174 valence electrons. The highest BCUT2D eigenvalue weighted by Gasteiger charge is 2.18. The molecule has 2 aromatic carbocycles. The Morgan fingerprint density at radius 3 is 2.28 bits per heavy atom. The van der Waals surface area contributed by atoms with Crippen LogP contribution in [0.25, 0.3) is 0 Å². The van der Waals surface area contributed by atoms with Gasteiger partial charge in [0, 0.05) is 26.1 Å². The van der Waals surface area contributed by atoms with Crippen molar-refractivity contribution in [2.45, 2.75) is 52.6 Å². The van der Waals surface area contributed by atoms with Crippen LogP contribution in [0.1, 0.15) is 47.9 Å². The number of aryl methyl sites for hydroxylation is 2. The first-order valence-electron chi connectivity index (χ1n) is 11.3. The second-order valence-electron chi connectivity index (χ2n) is 8.81. The molecule has 0 aromatic heterocycles. The summed E-state index contributed by atoms with van der Waals surface area (Å²) in [6.07, 6.45) is 4.46. The Labute approximate surface area is 192 Å². The molecule has 2 aromatic rings. The molecule has 32 heavy (non-hydrogen) atoms. The lowest BCUT2D eigenvalue weighted by Crippen LogP contribution is -2.32. The van der Waals surface area contributed by atoms with E-state index in [1.807, 2.05) is 44.2 Å². The molecule has 7 heteroatoms. The highest BCUT2D eigenvalue weighted by atomic mass is 32.2. The van der Waals surface area contributed by atoms with Gasteiger partial charge >= 0.3 is 0 Å². The van der Waals surface area contributed by atoms with Crippen LogP contribution in [0.5, 0.6) is 0 Å². The van der Waals surface area contributed by atoms with Crippen LogP contribution >= 0.6 is 0 Å². The van der Waals surface area contributed by atoms with E-state index in [0.717, 1.165) is 36.3 Å². The molecule has 6 nitrogen and oxygen atoms in total. The number of sulfonamides is 1. The molecule has 0 saturated carbocycles. The molecular weight excluding hydrogens is 422 g/mol. The lowest BCUT2D eigenvalue weighted by Gasteiger charge is -2.23. The number of hydrogen-bond donors (Lipinski definition) is 1. The van der Waals surface area contributed by atoms with Gasteiger partial charge < -0.3 is 5.32 Å². The fourth-order valence-corrected chi connectivity index (χ4v) is 5.26. The van der Waals surface area contributed by atoms with Gasteiger partial charge in [0.2, 0.25) is 15.9 Å². The molecule has 0 radical (unpaired) electrons. The first-order valence-corrected chi connectivity index (χ1v) is 13.2. The summed E-state index contributed by atoms with van der Waals surface area (Å²) >= 11 is 0. The number of likely N-dealkylation sites (tertiary alicyclic amines) is 1. The number of carbonyl (C=O) groups is 1. The van der Waals surface area contributed by atoms with Crippen LogP contribution < -0.4 is 9.62 Å². The maximum atomic E-state index is 12.5. The third-order valence-corrected chi connectivity index (χ3v) is 7.04. The normalized spacial score (nSPS) is 14.5. The summed E-state index contributed by atoms with van der Waals surface area (Å²) < 4.78 is 26.1. The molecule has 0 aliphatic carbocycles. The van der Waals surface area contributed by atoms with Gasteiger partial charge in [0.1, 0.15) is 0 Å². The number of rotatable bonds is 10. The molecule has 1 saturated heterocycles. The molecule has 0 bridgehead atoms. The number of nitrogens with one attached hydrogen (secondary N) is 1. The third-order valence-electron chi connectivity index (χ3n) is 5.85. The Bertz CT molecular complexity index is 1010. The fraction of sp³-hybridized carbons (Fsp3) is 0.480. The minimum atomic E-state index is -3.42. The maximum Gasteiger partial charge on any atom is 0.232 e. The average Bonchev–Trinajstić information content (AvgIpc) is 3.22. The van der Waals surface area contributed by atoms with Crippen LogP contribution in [0, 0.1) is 13.8 Å². The van der Waals surface area contributed by atoms with Gasteiger partial charge in [-0.05, 0) is 80.6 Å². The van der Waals surface area contributed by atoms with Gasteiger partial charge in [-0.1, -0.05) is 30.3 Å². The zero-order valence-corrected chi connectivity index (χ0v) is 20.2. The molecule has 1 heterocycles. The van der Waals surface area contributed by atoms with Crippen LogP contribution in [0.15, 0.2) is 42.5 Å². The van der Waals surface area contributed by atoms with Gasteiger partial charge in [-0.2, -0.15) is 0 Å². The van der Waals surface area contributed by atoms with Gasteiger partial charge in [-0.3, -0.25) is 14.0 Å². The van der Waals surface area contributed by atoms with E-state index in [0.29, 0.717) is 18.7 Å². The van der Waals surface area contributed by atoms with Crippen molar-refractivity contribution in [2.75, 3.05) is 30.2 Å². The second-order valence-corrected chi connectivity index (χ2v) is 10.7. The van der Waals surface area contributed by atoms with Crippen LogP contribution in [-0.2, 0) is 27.9 Å². The Morgan fingerprint density at radius 1 is 1.03 bits per heavy atom. The van der Waals surface area contributed by atoms with E-state index in [1.54, 1.807) is 0 Å². The molecule has 1 N–H and O–H groups in total. The molecular formula is C25H35N3O3S. The Kier molecular flexibility index (Phi) is 8.32. The van der Waals surface area contributed by atoms with E-state index in [4.69, 9.17) is 0 Å². The topological polar surface area (TPSA) is 69.7 Å². The minimum absolute atomic E-state index is 0.0603. The minimum Gasteiger partial charge on any atom is -0.352 e. The lowest BCUT2D eigenvalue weighted by atomic mass is 10.1. The standard InChI is InChI=1S/C25H35N3O3S/c1-20-15-21(2)17-24(16-20)28(32(3,30)31)14-8-11-25(29)26-18-22-9-4-5-10-23(22)19-27-12-6-7-13-27/h4-5,9-10,15-17H,6-8,11-14,18-19H2,1-3H3,(H,26,29). The Morgan fingerprint density at radius 2 is 1.66 bits per heavy atom. The van der Waals surface area contributed by atoms with E-state index in [2.05, 4.69) is 22.3 Å². The molecule has 1 aliphatic rings. The monoisotopic (exact) mass is 457 g/mol. The molecule has 3 rings (SSSR count). The zero-order valence-electron chi connectivity index (χ0n) is 19.4. The zero-order chi connectivity index (χ0) is 23.1. The van der Waals surface area contributed by atoms with Crippen molar-refractivity contribution in [2.24, 2.45) is 0 Å². The number of carbonyl (C=O) groups excluding carboxylic acids is 1. The molecule has 1 amide bonds. The summed E-state index contributed by atoms with van der Waals surface area (Å²) in [5, 5.41) is 3.01. The van der Waals surface area contributed by atoms with Crippen LogP contribution in [0.4, 0.5) is 5.69 Å². The van der Waals surface area contributed by atoms with Crippen molar-refractivity contribution in [3.63, 3.8) is 0 Å². The number of anilines is 1. The Balaban J connectivity index is 1.53. The number of hydrogen-bond acceptors (Lipinski definition) is 4. The van der Waals surface area contributed by atoms with Crippen LogP contribution in [-0.4, -0.2) is 45.1 Å². The summed E-state index contributed by atoms with van der Waals surface area (Å²) in [4.78, 5) is 14.9. The first-order chi connectivity index (χ1) is 15.2. The smallest absolute Gasteiger partial charge is 0.232 e. The van der Waals surface area contributed by atoms with Crippen molar-refractivity contribution in [3.8, 4) is 0 Å². The van der Waals surface area contributed by atoms with E-state index in [1.165, 1.54) is 29.0 Å². The summed E-state index contributed by atoms with van der Waals surface area (Å²) in [6.45, 7) is 7.87. The van der Waals surface area contributed by atoms with Gasteiger partial charge in [-0.15, -0.1) is 0 Å². The first kappa shape index (κ1) is 24.3. The summed E-state index contributed by atoms with van der Waals surface area (Å²) in [7, 11) is -3.42. The summed E-state index contributed by atoms with van der Waals surface area (Å²) in [5.41, 5.74) is 5.08. The van der Waals surface area contributed by atoms with Crippen LogP contribution in [0.3, 0.4) is 0 Å². The van der Waals surface area contributed by atoms with E-state index < -0.39 is 10.0 Å². The van der Waals surface area contributed by atoms with Gasteiger partial charge in [0.05, 0.1) is 11.9 Å². The molecule has 1 fully saturated rings. The van der Waals surface area contributed by atoms with Gasteiger partial charge in [-0.25, -0.2) is 8.42 Å². The van der Waals surface area contributed by atoms with E-state index in [9.17, 15) is 13.2 Å². The fourth-order valence-electron chi connectivity index (χ4n) is 4.31. The number of amides is 1. The van der Waals surface area contributed by atoms with Crippen molar-refractivity contribution < 1.29 is 13.2 Å². The highest BCUT2D eigenvalue weighted by molar-refractivity contribution is 7.92. The van der Waals surface area contributed by atoms with Gasteiger partial charge in [0.25, 0.3) is 0 Å². The van der Waals surface area contributed by atoms with Crippen LogP contribution in [0.2, 0.25) is 0 Å². The van der Waals surface area contributed by atoms with E-state index >= 15 is 0 Å². The van der Waals surface area contributed by atoms with Crippen molar-refractivity contribution in [3.05, 3.63) is 64.7 Å². The average molecular weight is 458 g/mol. The molecule has 0 spiro atoms. The molecule has 0 unspecified atom stereocenters. The summed E-state index contributed by atoms with van der Waals surface area (Å²) in [6, 6.07) is 14.0. The maximum absolute atomic E-state index is 12.5. The quantitative estimate of drug-likeness (QED) is 0.590. The number of nitrogens with zero attached hydrogens (tertiary/aromatic N) is 2. The van der Waals surface area contributed by atoms with Crippen molar-refractivity contribution >= 4 is 21.6 Å². The van der Waals surface area contributed by atoms with Crippen molar-refractivity contribution in [1.82, 2.24) is 10.2 Å². The Hall–Kier alpha value is -2.38. The SMILES string of the molecule is Cc1cc(C)cc(N(CCCC(=O)NCc2ccccc2CN2CCCC2)S(C)(=O)=O)c1. The molecule has 1 aliphatic heterocycles. The molecule has 0 atom stereocenters. The third kappa shape index (κ3) is 7.07. The number of benzene rings is 2. The predicted octanol–water partition coefficient (Wildman–Crippen LogP) is 3.76. The summed E-state index contributed by atoms with van der Waals surface area (Å²) in [5.74, 6) is -0.0603. The second kappa shape index (κ2) is 11.0. The van der Waals surface area contributed by atoms with Gasteiger partial charge in [0.15, 0.2) is 0 Å². The largest absolute Gasteiger partial charge is 0.352 e. The van der Waals surface area contributed by atoms with Crippen molar-refractivity contribution in [1.29, 1.82) is 0 Å². The van der Waals surface area contributed by atoms with E-state index in [-0.39, 0.29) is 18.9 Å². The lowest BCUT2D eigenvalue weighted by molar-refractivity contribution is -0.121. The predicted molar refractivity (Wildman–Crippen MR) is 130 cm³/mol.